The summed E-state index contributed by atoms with van der Waals surface area (Å²) in [5.41, 5.74) is 0.382. The second-order valence-corrected chi connectivity index (χ2v) is 6.64. The highest BCUT2D eigenvalue weighted by Crippen LogP contribution is 2.49. The Hall–Kier alpha value is -0.610. The molecule has 0 aromatic rings. The van der Waals surface area contributed by atoms with E-state index in [9.17, 15) is 4.79 Å². The summed E-state index contributed by atoms with van der Waals surface area (Å²) in [5.74, 6) is 0.349. The fourth-order valence-corrected chi connectivity index (χ4v) is 3.17. The Morgan fingerprint density at radius 3 is 2.79 bits per heavy atom. The van der Waals surface area contributed by atoms with Gasteiger partial charge in [0.2, 0.25) is 5.91 Å². The number of carbonyl (C=O) groups excluding carboxylic acids is 1. The molecule has 1 aliphatic heterocycles. The molecule has 0 radical (unpaired) electrons. The minimum Gasteiger partial charge on any atom is -0.385 e. The molecule has 19 heavy (non-hydrogen) atoms. The molecule has 0 bridgehead atoms. The van der Waals surface area contributed by atoms with Crippen LogP contribution in [0.4, 0.5) is 0 Å². The first-order valence-electron chi connectivity index (χ1n) is 7.76. The normalized spacial score (nSPS) is 29.6. The third kappa shape index (κ3) is 3.29. The molecule has 2 aliphatic carbocycles. The van der Waals surface area contributed by atoms with Gasteiger partial charge in [-0.3, -0.25) is 4.79 Å². The van der Waals surface area contributed by atoms with Crippen molar-refractivity contribution in [2.75, 3.05) is 26.8 Å². The van der Waals surface area contributed by atoms with Gasteiger partial charge in [0.25, 0.3) is 0 Å². The lowest BCUT2D eigenvalue weighted by Crippen LogP contribution is -2.52. The van der Waals surface area contributed by atoms with Crippen LogP contribution in [-0.4, -0.2) is 49.7 Å². The first-order chi connectivity index (χ1) is 9.22. The van der Waals surface area contributed by atoms with E-state index in [-0.39, 0.29) is 6.04 Å². The zero-order chi connectivity index (χ0) is 13.3. The van der Waals surface area contributed by atoms with Gasteiger partial charge in [0.15, 0.2) is 0 Å². The standard InChI is InChI=1S/C15H26N2O2/c1-19-10-8-15(6-7-15)11-17-9-2-3-13(14(17)18)16-12-4-5-12/h12-13,16H,2-11H2,1H3. The Labute approximate surface area is 115 Å². The van der Waals surface area contributed by atoms with Gasteiger partial charge in [-0.05, 0) is 50.4 Å². The lowest BCUT2D eigenvalue weighted by atomic mass is 9.98. The van der Waals surface area contributed by atoms with Crippen molar-refractivity contribution >= 4 is 5.91 Å². The Balaban J connectivity index is 1.53. The molecule has 3 fully saturated rings. The number of nitrogens with one attached hydrogen (secondary N) is 1. The van der Waals surface area contributed by atoms with E-state index in [0.717, 1.165) is 39.0 Å². The van der Waals surface area contributed by atoms with Gasteiger partial charge in [-0.2, -0.15) is 0 Å². The van der Waals surface area contributed by atoms with Gasteiger partial charge in [-0.15, -0.1) is 0 Å². The van der Waals surface area contributed by atoms with E-state index in [1.807, 2.05) is 0 Å². The van der Waals surface area contributed by atoms with Crippen LogP contribution in [0.25, 0.3) is 0 Å². The van der Waals surface area contributed by atoms with Gasteiger partial charge < -0.3 is 15.0 Å². The topological polar surface area (TPSA) is 41.6 Å². The van der Waals surface area contributed by atoms with Gasteiger partial charge in [0.1, 0.15) is 0 Å². The number of ether oxygens (including phenoxy) is 1. The fourth-order valence-electron chi connectivity index (χ4n) is 3.17. The van der Waals surface area contributed by atoms with E-state index in [1.165, 1.54) is 25.7 Å². The molecule has 1 N–H and O–H groups in total. The first kappa shape index (κ1) is 13.4. The zero-order valence-corrected chi connectivity index (χ0v) is 12.0. The lowest BCUT2D eigenvalue weighted by molar-refractivity contribution is -0.137. The number of amides is 1. The first-order valence-corrected chi connectivity index (χ1v) is 7.76. The molecular formula is C15H26N2O2. The largest absolute Gasteiger partial charge is 0.385 e. The Bertz CT molecular complexity index is 337. The van der Waals surface area contributed by atoms with E-state index in [2.05, 4.69) is 10.2 Å². The maximum absolute atomic E-state index is 12.5. The van der Waals surface area contributed by atoms with Crippen LogP contribution in [0.15, 0.2) is 0 Å². The van der Waals surface area contributed by atoms with Crippen molar-refractivity contribution in [2.24, 2.45) is 5.41 Å². The molecular weight excluding hydrogens is 240 g/mol. The number of hydrogen-bond donors (Lipinski definition) is 1. The number of hydrogen-bond acceptors (Lipinski definition) is 3. The molecule has 1 unspecified atom stereocenters. The number of nitrogens with zero attached hydrogens (tertiary/aromatic N) is 1. The average molecular weight is 266 g/mol. The van der Waals surface area contributed by atoms with Crippen LogP contribution in [0.2, 0.25) is 0 Å². The number of likely N-dealkylation sites (tertiary alicyclic amines) is 1. The minimum atomic E-state index is 0.0967. The van der Waals surface area contributed by atoms with Crippen molar-refractivity contribution in [3.63, 3.8) is 0 Å². The highest BCUT2D eigenvalue weighted by molar-refractivity contribution is 5.82. The molecule has 1 amide bonds. The predicted molar refractivity (Wildman–Crippen MR) is 73.9 cm³/mol. The SMILES string of the molecule is COCCC1(CN2CCCC(NC3CC3)C2=O)CC1. The Morgan fingerprint density at radius 2 is 2.16 bits per heavy atom. The van der Waals surface area contributed by atoms with Crippen molar-refractivity contribution in [1.29, 1.82) is 0 Å². The van der Waals surface area contributed by atoms with Crippen molar-refractivity contribution in [3.05, 3.63) is 0 Å². The molecule has 3 aliphatic rings. The maximum Gasteiger partial charge on any atom is 0.239 e. The van der Waals surface area contributed by atoms with Crippen LogP contribution in [0, 0.1) is 5.41 Å². The summed E-state index contributed by atoms with van der Waals surface area (Å²) in [6.45, 7) is 2.74. The number of rotatable bonds is 7. The van der Waals surface area contributed by atoms with Gasteiger partial charge in [-0.1, -0.05) is 0 Å². The molecule has 2 saturated carbocycles. The Morgan fingerprint density at radius 1 is 1.37 bits per heavy atom. The third-order valence-corrected chi connectivity index (χ3v) is 4.86. The summed E-state index contributed by atoms with van der Waals surface area (Å²) in [6, 6.07) is 0.719. The molecule has 4 nitrogen and oxygen atoms in total. The molecule has 4 heteroatoms. The summed E-state index contributed by atoms with van der Waals surface area (Å²) in [5, 5.41) is 3.51. The van der Waals surface area contributed by atoms with E-state index < -0.39 is 0 Å². The number of carbonyl (C=O) groups is 1. The van der Waals surface area contributed by atoms with Crippen LogP contribution < -0.4 is 5.32 Å². The van der Waals surface area contributed by atoms with Crippen LogP contribution in [0.1, 0.15) is 44.9 Å². The molecule has 1 saturated heterocycles. The predicted octanol–water partition coefficient (Wildman–Crippen LogP) is 1.55. The maximum atomic E-state index is 12.5. The second kappa shape index (κ2) is 5.41. The quantitative estimate of drug-likeness (QED) is 0.760. The molecule has 0 spiro atoms. The van der Waals surface area contributed by atoms with Crippen molar-refractivity contribution in [2.45, 2.75) is 57.0 Å². The smallest absolute Gasteiger partial charge is 0.239 e. The summed E-state index contributed by atoms with van der Waals surface area (Å²) in [6.07, 6.45) is 8.31. The van der Waals surface area contributed by atoms with Crippen LogP contribution in [-0.2, 0) is 9.53 Å². The highest BCUT2D eigenvalue weighted by Gasteiger charge is 2.45. The number of methoxy groups -OCH3 is 1. The van der Waals surface area contributed by atoms with Crippen LogP contribution >= 0.6 is 0 Å². The summed E-state index contributed by atoms with van der Waals surface area (Å²) in [4.78, 5) is 14.6. The molecule has 1 heterocycles. The highest BCUT2D eigenvalue weighted by atomic mass is 16.5. The van der Waals surface area contributed by atoms with Gasteiger partial charge in [-0.25, -0.2) is 0 Å². The fraction of sp³-hybridized carbons (Fsp3) is 0.933. The summed E-state index contributed by atoms with van der Waals surface area (Å²) >= 11 is 0. The third-order valence-electron chi connectivity index (χ3n) is 4.86. The van der Waals surface area contributed by atoms with Crippen LogP contribution in [0.3, 0.4) is 0 Å². The Kier molecular flexibility index (Phi) is 3.81. The van der Waals surface area contributed by atoms with E-state index in [0.29, 0.717) is 17.4 Å². The second-order valence-electron chi connectivity index (χ2n) is 6.64. The zero-order valence-electron chi connectivity index (χ0n) is 12.0. The van der Waals surface area contributed by atoms with Gasteiger partial charge in [0, 0.05) is 32.8 Å². The lowest BCUT2D eigenvalue weighted by Gasteiger charge is -2.35. The van der Waals surface area contributed by atoms with Gasteiger partial charge >= 0.3 is 0 Å². The van der Waals surface area contributed by atoms with E-state index in [4.69, 9.17) is 4.74 Å². The molecule has 0 aromatic heterocycles. The minimum absolute atomic E-state index is 0.0967. The summed E-state index contributed by atoms with van der Waals surface area (Å²) < 4.78 is 5.20. The van der Waals surface area contributed by atoms with Crippen molar-refractivity contribution in [3.8, 4) is 0 Å². The number of piperidine rings is 1. The monoisotopic (exact) mass is 266 g/mol. The molecule has 0 aromatic carbocycles. The average Bonchev–Trinajstić information content (AvgIpc) is 3.30. The van der Waals surface area contributed by atoms with E-state index in [1.54, 1.807) is 7.11 Å². The molecule has 1 atom stereocenters. The van der Waals surface area contributed by atoms with E-state index >= 15 is 0 Å². The molecule has 3 rings (SSSR count). The molecule has 108 valence electrons. The van der Waals surface area contributed by atoms with Crippen molar-refractivity contribution < 1.29 is 9.53 Å². The van der Waals surface area contributed by atoms with Gasteiger partial charge in [0.05, 0.1) is 6.04 Å². The van der Waals surface area contributed by atoms with Crippen molar-refractivity contribution in [1.82, 2.24) is 10.2 Å². The summed E-state index contributed by atoms with van der Waals surface area (Å²) in [7, 11) is 1.76. The van der Waals surface area contributed by atoms with Crippen LogP contribution in [0.5, 0.6) is 0 Å².